The average molecular weight is 348 g/mol. The molecule has 0 saturated carbocycles. The van der Waals surface area contributed by atoms with Crippen LogP contribution >= 0.6 is 0 Å². The number of benzene rings is 1. The van der Waals surface area contributed by atoms with Crippen LogP contribution in [0.2, 0.25) is 0 Å². The summed E-state index contributed by atoms with van der Waals surface area (Å²) >= 11 is 0. The van der Waals surface area contributed by atoms with Gasteiger partial charge in [0.25, 0.3) is 0 Å². The zero-order valence-electron chi connectivity index (χ0n) is 12.4. The van der Waals surface area contributed by atoms with Crippen molar-refractivity contribution in [2.45, 2.75) is 12.8 Å². The van der Waals surface area contributed by atoms with Crippen molar-refractivity contribution in [3.8, 4) is 0 Å². The van der Waals surface area contributed by atoms with Crippen LogP contribution in [-0.4, -0.2) is 48.6 Å². The fourth-order valence-electron chi connectivity index (χ4n) is 2.23. The molecule has 0 bridgehead atoms. The molecule has 0 atom stereocenters. The van der Waals surface area contributed by atoms with Gasteiger partial charge in [0.15, 0.2) is 0 Å². The molecule has 0 spiro atoms. The Kier molecular flexibility index (Phi) is 5.30. The van der Waals surface area contributed by atoms with Crippen LogP contribution in [0.3, 0.4) is 0 Å². The van der Waals surface area contributed by atoms with Gasteiger partial charge in [-0.2, -0.15) is 0 Å². The van der Waals surface area contributed by atoms with E-state index in [9.17, 15) is 16.8 Å². The fraction of sp³-hybridized carbons (Fsp3) is 0.538. The number of methoxy groups -OCH3 is 1. The van der Waals surface area contributed by atoms with Crippen LogP contribution in [0, 0.1) is 0 Å². The third kappa shape index (κ3) is 4.34. The molecule has 0 aliphatic carbocycles. The van der Waals surface area contributed by atoms with Gasteiger partial charge in [0.2, 0.25) is 20.0 Å². The molecule has 22 heavy (non-hydrogen) atoms. The monoisotopic (exact) mass is 348 g/mol. The van der Waals surface area contributed by atoms with E-state index in [1.165, 1.54) is 17.5 Å². The van der Waals surface area contributed by atoms with Gasteiger partial charge in [-0.15, -0.1) is 0 Å². The molecule has 0 amide bonds. The zero-order valence-corrected chi connectivity index (χ0v) is 14.0. The van der Waals surface area contributed by atoms with Crippen molar-refractivity contribution in [2.24, 2.45) is 0 Å². The van der Waals surface area contributed by atoms with Gasteiger partial charge in [-0.25, -0.2) is 16.8 Å². The second kappa shape index (κ2) is 6.84. The molecule has 1 aromatic carbocycles. The quantitative estimate of drug-likeness (QED) is 0.828. The number of rotatable bonds is 6. The number of hydrogen-bond donors (Lipinski definition) is 1. The van der Waals surface area contributed by atoms with Crippen LogP contribution in [0.1, 0.15) is 12.8 Å². The Bertz CT molecular complexity index is 716. The number of hydrogen-bond acceptors (Lipinski definition) is 5. The molecule has 0 radical (unpaired) electrons. The molecule has 1 N–H and O–H groups in total. The molecule has 7 nitrogen and oxygen atoms in total. The lowest BCUT2D eigenvalue weighted by atomic mass is 10.2. The number of sulfonamides is 2. The molecular weight excluding hydrogens is 328 g/mol. The first-order valence-corrected chi connectivity index (χ1v) is 10.2. The van der Waals surface area contributed by atoms with Gasteiger partial charge < -0.3 is 4.74 Å². The summed E-state index contributed by atoms with van der Waals surface area (Å²) in [5, 5.41) is 0. The molecule has 0 unspecified atom stereocenters. The maximum atomic E-state index is 12.1. The lowest BCUT2D eigenvalue weighted by molar-refractivity contribution is 0.217. The Morgan fingerprint density at radius 2 is 2.09 bits per heavy atom. The molecule has 1 saturated heterocycles. The molecule has 9 heteroatoms. The van der Waals surface area contributed by atoms with Gasteiger partial charge in [0, 0.05) is 13.7 Å². The molecular formula is C13H20N2O5S2. The van der Waals surface area contributed by atoms with Crippen molar-refractivity contribution in [3.63, 3.8) is 0 Å². The second-order valence-electron chi connectivity index (χ2n) is 5.06. The standard InChI is InChI=1S/C13H20N2O5S2/c1-20-8-10-21(16,17)14-12-5-4-6-13(11-12)15-7-2-3-9-22(15,18)19/h4-6,11,14H,2-3,7-10H2,1H3. The van der Waals surface area contributed by atoms with Gasteiger partial charge in [-0.1, -0.05) is 6.07 Å². The lowest BCUT2D eigenvalue weighted by Gasteiger charge is -2.28. The lowest BCUT2D eigenvalue weighted by Crippen LogP contribution is -2.37. The number of ether oxygens (including phenoxy) is 1. The van der Waals surface area contributed by atoms with Crippen LogP contribution in [-0.2, 0) is 24.8 Å². The van der Waals surface area contributed by atoms with Gasteiger partial charge in [0.1, 0.15) is 0 Å². The highest BCUT2D eigenvalue weighted by atomic mass is 32.2. The first-order chi connectivity index (χ1) is 10.3. The van der Waals surface area contributed by atoms with E-state index in [4.69, 9.17) is 4.74 Å². The van der Waals surface area contributed by atoms with Crippen LogP contribution in [0.25, 0.3) is 0 Å². The minimum Gasteiger partial charge on any atom is -0.384 e. The maximum Gasteiger partial charge on any atom is 0.235 e. The van der Waals surface area contributed by atoms with Crippen LogP contribution in [0.4, 0.5) is 11.4 Å². The molecule has 0 aromatic heterocycles. The molecule has 1 aromatic rings. The zero-order chi connectivity index (χ0) is 16.2. The van der Waals surface area contributed by atoms with Crippen molar-refractivity contribution in [3.05, 3.63) is 24.3 Å². The number of anilines is 2. The highest BCUT2D eigenvalue weighted by Gasteiger charge is 2.26. The van der Waals surface area contributed by atoms with Gasteiger partial charge in [-0.05, 0) is 31.0 Å². The summed E-state index contributed by atoms with van der Waals surface area (Å²) in [6, 6.07) is 6.42. The van der Waals surface area contributed by atoms with Crippen molar-refractivity contribution in [1.29, 1.82) is 0 Å². The van der Waals surface area contributed by atoms with Crippen LogP contribution < -0.4 is 9.03 Å². The van der Waals surface area contributed by atoms with Crippen molar-refractivity contribution < 1.29 is 21.6 Å². The smallest absolute Gasteiger partial charge is 0.235 e. The normalized spacial score (nSPS) is 18.1. The summed E-state index contributed by atoms with van der Waals surface area (Å²) < 4.78 is 56.4. The van der Waals surface area contributed by atoms with E-state index in [1.54, 1.807) is 18.2 Å². The van der Waals surface area contributed by atoms with Gasteiger partial charge in [0.05, 0.1) is 29.5 Å². The van der Waals surface area contributed by atoms with E-state index < -0.39 is 20.0 Å². The summed E-state index contributed by atoms with van der Waals surface area (Å²) in [5.41, 5.74) is 0.820. The second-order valence-corrected chi connectivity index (χ2v) is 8.91. The Balaban J connectivity index is 2.20. The number of nitrogens with one attached hydrogen (secondary N) is 1. The van der Waals surface area contributed by atoms with E-state index >= 15 is 0 Å². The van der Waals surface area contributed by atoms with Gasteiger partial charge >= 0.3 is 0 Å². The van der Waals surface area contributed by atoms with Crippen molar-refractivity contribution >= 4 is 31.4 Å². The van der Waals surface area contributed by atoms with Gasteiger partial charge in [-0.3, -0.25) is 9.03 Å². The summed E-state index contributed by atoms with van der Waals surface area (Å²) in [6.07, 6.45) is 1.45. The third-order valence-electron chi connectivity index (χ3n) is 3.31. The summed E-state index contributed by atoms with van der Waals surface area (Å²) in [5.74, 6) is -0.0352. The van der Waals surface area contributed by atoms with Crippen molar-refractivity contribution in [1.82, 2.24) is 0 Å². The molecule has 1 aliphatic heterocycles. The summed E-state index contributed by atoms with van der Waals surface area (Å²) in [6.45, 7) is 0.512. The largest absolute Gasteiger partial charge is 0.384 e. The minimum absolute atomic E-state index is 0.0928. The molecule has 124 valence electrons. The van der Waals surface area contributed by atoms with E-state index in [1.807, 2.05) is 0 Å². The third-order valence-corrected chi connectivity index (χ3v) is 6.43. The maximum absolute atomic E-state index is 12.1. The molecule has 2 rings (SSSR count). The van der Waals surface area contributed by atoms with E-state index in [0.29, 0.717) is 24.3 Å². The first-order valence-electron chi connectivity index (χ1n) is 6.94. The first kappa shape index (κ1) is 17.0. The molecule has 1 aliphatic rings. The summed E-state index contributed by atoms with van der Waals surface area (Å²) in [4.78, 5) is 0. The molecule has 1 heterocycles. The van der Waals surface area contributed by atoms with Crippen LogP contribution in [0.5, 0.6) is 0 Å². The Hall–Kier alpha value is -1.32. The Labute approximate surface area is 131 Å². The van der Waals surface area contributed by atoms with E-state index in [-0.39, 0.29) is 18.1 Å². The highest BCUT2D eigenvalue weighted by Crippen LogP contribution is 2.26. The summed E-state index contributed by atoms with van der Waals surface area (Å²) in [7, 11) is -5.40. The predicted molar refractivity (Wildman–Crippen MR) is 86.1 cm³/mol. The fourth-order valence-corrected chi connectivity index (χ4v) is 4.83. The molecule has 1 fully saturated rings. The minimum atomic E-state index is -3.52. The topological polar surface area (TPSA) is 92.8 Å². The SMILES string of the molecule is COCCS(=O)(=O)Nc1cccc(N2CCCCS2(=O)=O)c1. The predicted octanol–water partition coefficient (Wildman–Crippen LogP) is 1.00. The highest BCUT2D eigenvalue weighted by molar-refractivity contribution is 7.93. The van der Waals surface area contributed by atoms with E-state index in [2.05, 4.69) is 4.72 Å². The average Bonchev–Trinajstić information content (AvgIpc) is 2.44. The Morgan fingerprint density at radius 3 is 2.77 bits per heavy atom. The van der Waals surface area contributed by atoms with E-state index in [0.717, 1.165) is 6.42 Å². The number of nitrogens with zero attached hydrogens (tertiary/aromatic N) is 1. The Morgan fingerprint density at radius 1 is 1.32 bits per heavy atom. The van der Waals surface area contributed by atoms with Crippen molar-refractivity contribution in [2.75, 3.05) is 40.8 Å². The van der Waals surface area contributed by atoms with Crippen LogP contribution in [0.15, 0.2) is 24.3 Å².